The second kappa shape index (κ2) is 7.59. The minimum Gasteiger partial charge on any atom is -0.347 e. The minimum absolute atomic E-state index is 0.0389. The highest BCUT2D eigenvalue weighted by Gasteiger charge is 2.26. The molecule has 2 amide bonds. The van der Waals surface area contributed by atoms with Gasteiger partial charge in [0.25, 0.3) is 0 Å². The Morgan fingerprint density at radius 2 is 1.74 bits per heavy atom. The monoisotopic (exact) mass is 315 g/mol. The molecule has 1 heterocycles. The normalized spacial score (nSPS) is 19.2. The predicted octanol–water partition coefficient (Wildman–Crippen LogP) is 1.25. The van der Waals surface area contributed by atoms with Crippen LogP contribution >= 0.6 is 0 Å². The SMILES string of the molecule is O=C(NCC(=O)N1CCN(Cc2ccccc2)CC1)C1CCC1. The first-order valence-electron chi connectivity index (χ1n) is 8.54. The lowest BCUT2D eigenvalue weighted by Gasteiger charge is -2.35. The van der Waals surface area contributed by atoms with Crippen molar-refractivity contribution in [3.8, 4) is 0 Å². The zero-order chi connectivity index (χ0) is 16.1. The number of carbonyl (C=O) groups excluding carboxylic acids is 2. The van der Waals surface area contributed by atoms with E-state index in [1.807, 2.05) is 11.0 Å². The van der Waals surface area contributed by atoms with E-state index in [1.54, 1.807) is 0 Å². The van der Waals surface area contributed by atoms with Gasteiger partial charge in [0.05, 0.1) is 6.54 Å². The van der Waals surface area contributed by atoms with Crippen molar-refractivity contribution in [1.82, 2.24) is 15.1 Å². The molecule has 2 fully saturated rings. The molecular weight excluding hydrogens is 290 g/mol. The largest absolute Gasteiger partial charge is 0.347 e. The average molecular weight is 315 g/mol. The van der Waals surface area contributed by atoms with Crippen molar-refractivity contribution in [2.45, 2.75) is 25.8 Å². The van der Waals surface area contributed by atoms with Crippen LogP contribution in [-0.4, -0.2) is 54.3 Å². The summed E-state index contributed by atoms with van der Waals surface area (Å²) in [6.07, 6.45) is 3.08. The van der Waals surface area contributed by atoms with Gasteiger partial charge >= 0.3 is 0 Å². The summed E-state index contributed by atoms with van der Waals surface area (Å²) < 4.78 is 0. The van der Waals surface area contributed by atoms with Crippen molar-refractivity contribution in [3.05, 3.63) is 35.9 Å². The third-order valence-electron chi connectivity index (χ3n) is 4.86. The summed E-state index contributed by atoms with van der Waals surface area (Å²) in [5.74, 6) is 0.231. The lowest BCUT2D eigenvalue weighted by Crippen LogP contribution is -2.51. The number of piperazine rings is 1. The lowest BCUT2D eigenvalue weighted by atomic mass is 9.85. The fourth-order valence-corrected chi connectivity index (χ4v) is 3.09. The van der Waals surface area contributed by atoms with Crippen LogP contribution in [0.2, 0.25) is 0 Å². The Labute approximate surface area is 137 Å². The maximum atomic E-state index is 12.2. The molecule has 23 heavy (non-hydrogen) atoms. The molecule has 124 valence electrons. The molecule has 5 nitrogen and oxygen atoms in total. The zero-order valence-corrected chi connectivity index (χ0v) is 13.5. The maximum absolute atomic E-state index is 12.2. The number of benzene rings is 1. The molecule has 0 aromatic heterocycles. The van der Waals surface area contributed by atoms with E-state index >= 15 is 0 Å². The molecule has 5 heteroatoms. The van der Waals surface area contributed by atoms with Gasteiger partial charge in [0.15, 0.2) is 0 Å². The molecular formula is C18H25N3O2. The molecule has 3 rings (SSSR count). The minimum atomic E-state index is 0.0389. The van der Waals surface area contributed by atoms with Crippen molar-refractivity contribution in [3.63, 3.8) is 0 Å². The van der Waals surface area contributed by atoms with Crippen LogP contribution in [0.4, 0.5) is 0 Å². The standard InChI is InChI=1S/C18H25N3O2/c22-17(13-19-18(23)16-7-4-8-16)21-11-9-20(10-12-21)14-15-5-2-1-3-6-15/h1-3,5-6,16H,4,7-14H2,(H,19,23). The summed E-state index contributed by atoms with van der Waals surface area (Å²) in [6, 6.07) is 10.4. The van der Waals surface area contributed by atoms with E-state index in [4.69, 9.17) is 0 Å². The summed E-state index contributed by atoms with van der Waals surface area (Å²) in [5.41, 5.74) is 1.31. The molecule has 0 spiro atoms. The Balaban J connectivity index is 1.38. The Morgan fingerprint density at radius 1 is 1.04 bits per heavy atom. The van der Waals surface area contributed by atoms with Crippen LogP contribution in [0.25, 0.3) is 0 Å². The quantitative estimate of drug-likeness (QED) is 0.890. The molecule has 0 radical (unpaired) electrons. The van der Waals surface area contributed by atoms with Crippen molar-refractivity contribution >= 4 is 11.8 Å². The Morgan fingerprint density at radius 3 is 2.35 bits per heavy atom. The van der Waals surface area contributed by atoms with Gasteiger partial charge in [-0.2, -0.15) is 0 Å². The van der Waals surface area contributed by atoms with Gasteiger partial charge in [0, 0.05) is 38.6 Å². The summed E-state index contributed by atoms with van der Waals surface area (Å²) in [7, 11) is 0. The van der Waals surface area contributed by atoms with E-state index < -0.39 is 0 Å². The van der Waals surface area contributed by atoms with Crippen LogP contribution in [-0.2, 0) is 16.1 Å². The van der Waals surface area contributed by atoms with Crippen molar-refractivity contribution in [2.24, 2.45) is 5.92 Å². The van der Waals surface area contributed by atoms with Crippen molar-refractivity contribution in [1.29, 1.82) is 0 Å². The van der Waals surface area contributed by atoms with Gasteiger partial charge in [-0.05, 0) is 18.4 Å². The molecule has 1 saturated carbocycles. The first-order chi connectivity index (χ1) is 11.2. The first-order valence-corrected chi connectivity index (χ1v) is 8.54. The Bertz CT molecular complexity index is 534. The zero-order valence-electron chi connectivity index (χ0n) is 13.5. The third-order valence-corrected chi connectivity index (χ3v) is 4.86. The Kier molecular flexibility index (Phi) is 5.28. The number of hydrogen-bond acceptors (Lipinski definition) is 3. The molecule has 1 aromatic rings. The predicted molar refractivity (Wildman–Crippen MR) is 88.6 cm³/mol. The second-order valence-corrected chi connectivity index (χ2v) is 6.49. The first kappa shape index (κ1) is 16.0. The number of amides is 2. The van der Waals surface area contributed by atoms with Crippen LogP contribution in [0.3, 0.4) is 0 Å². The highest BCUT2D eigenvalue weighted by atomic mass is 16.2. The molecule has 1 aromatic carbocycles. The van der Waals surface area contributed by atoms with Gasteiger partial charge < -0.3 is 10.2 Å². The molecule has 1 aliphatic heterocycles. The van der Waals surface area contributed by atoms with Crippen LogP contribution in [0.15, 0.2) is 30.3 Å². The topological polar surface area (TPSA) is 52.7 Å². The number of nitrogens with zero attached hydrogens (tertiary/aromatic N) is 2. The van der Waals surface area contributed by atoms with E-state index in [-0.39, 0.29) is 24.3 Å². The van der Waals surface area contributed by atoms with E-state index in [0.29, 0.717) is 0 Å². The fraction of sp³-hybridized carbons (Fsp3) is 0.556. The van der Waals surface area contributed by atoms with Gasteiger partial charge in [0.2, 0.25) is 11.8 Å². The van der Waals surface area contributed by atoms with Gasteiger partial charge in [-0.3, -0.25) is 14.5 Å². The van der Waals surface area contributed by atoms with Crippen LogP contribution in [0.1, 0.15) is 24.8 Å². The second-order valence-electron chi connectivity index (χ2n) is 6.49. The van der Waals surface area contributed by atoms with Gasteiger partial charge in [-0.15, -0.1) is 0 Å². The van der Waals surface area contributed by atoms with Crippen molar-refractivity contribution in [2.75, 3.05) is 32.7 Å². The molecule has 0 unspecified atom stereocenters. The van der Waals surface area contributed by atoms with E-state index in [0.717, 1.165) is 52.0 Å². The van der Waals surface area contributed by atoms with Gasteiger partial charge in [0.1, 0.15) is 0 Å². The Hall–Kier alpha value is -1.88. The van der Waals surface area contributed by atoms with Crippen LogP contribution in [0.5, 0.6) is 0 Å². The van der Waals surface area contributed by atoms with Gasteiger partial charge in [-0.25, -0.2) is 0 Å². The summed E-state index contributed by atoms with van der Waals surface area (Å²) >= 11 is 0. The number of hydrogen-bond donors (Lipinski definition) is 1. The fourth-order valence-electron chi connectivity index (χ4n) is 3.09. The van der Waals surface area contributed by atoms with Crippen LogP contribution in [0, 0.1) is 5.92 Å². The highest BCUT2D eigenvalue weighted by Crippen LogP contribution is 2.26. The van der Waals surface area contributed by atoms with Crippen LogP contribution < -0.4 is 5.32 Å². The summed E-state index contributed by atoms with van der Waals surface area (Å²) in [6.45, 7) is 4.33. The highest BCUT2D eigenvalue weighted by molar-refractivity contribution is 5.86. The smallest absolute Gasteiger partial charge is 0.242 e. The average Bonchev–Trinajstić information content (AvgIpc) is 2.53. The number of nitrogens with one attached hydrogen (secondary N) is 1. The maximum Gasteiger partial charge on any atom is 0.242 e. The summed E-state index contributed by atoms with van der Waals surface area (Å²) in [4.78, 5) is 28.2. The van der Waals surface area contributed by atoms with Crippen molar-refractivity contribution < 1.29 is 9.59 Å². The van der Waals surface area contributed by atoms with E-state index in [9.17, 15) is 9.59 Å². The molecule has 0 bridgehead atoms. The molecule has 1 aliphatic carbocycles. The molecule has 2 aliphatic rings. The summed E-state index contributed by atoms with van der Waals surface area (Å²) in [5, 5.41) is 2.79. The van der Waals surface area contributed by atoms with E-state index in [2.05, 4.69) is 34.5 Å². The third kappa shape index (κ3) is 4.32. The number of carbonyl (C=O) groups is 2. The van der Waals surface area contributed by atoms with E-state index in [1.165, 1.54) is 5.56 Å². The number of rotatable bonds is 5. The molecule has 0 atom stereocenters. The van der Waals surface area contributed by atoms with Gasteiger partial charge in [-0.1, -0.05) is 36.8 Å². The molecule has 1 N–H and O–H groups in total. The molecule has 1 saturated heterocycles. The lowest BCUT2D eigenvalue weighted by molar-refractivity contribution is -0.136.